The molecule has 34 heavy (non-hydrogen) atoms. The number of nitrogens with zero attached hydrogens (tertiary/aromatic N) is 2. The zero-order valence-corrected chi connectivity index (χ0v) is 20.1. The summed E-state index contributed by atoms with van der Waals surface area (Å²) in [4.78, 5) is 46.0. The molecule has 1 unspecified atom stereocenters. The number of hydrogen-bond donors (Lipinski definition) is 2. The molecule has 1 saturated heterocycles. The predicted octanol–water partition coefficient (Wildman–Crippen LogP) is 3.22. The maximum absolute atomic E-state index is 12.9. The number of H-pyrrole nitrogens is 2. The van der Waals surface area contributed by atoms with Gasteiger partial charge in [-0.05, 0) is 55.5 Å². The summed E-state index contributed by atoms with van der Waals surface area (Å²) in [6.07, 6.45) is 3.50. The highest BCUT2D eigenvalue weighted by Gasteiger charge is 2.28. The fourth-order valence-corrected chi connectivity index (χ4v) is 5.13. The second kappa shape index (κ2) is 11.3. The van der Waals surface area contributed by atoms with Gasteiger partial charge in [0.2, 0.25) is 0 Å². The summed E-state index contributed by atoms with van der Waals surface area (Å²) in [6.45, 7) is 2.88. The summed E-state index contributed by atoms with van der Waals surface area (Å²) in [6, 6.07) is 13.5. The van der Waals surface area contributed by atoms with Gasteiger partial charge in [-0.3, -0.25) is 19.5 Å². The molecular formula is C25H30N4O4S. The van der Waals surface area contributed by atoms with Gasteiger partial charge in [-0.25, -0.2) is 4.79 Å². The molecular weight excluding hydrogens is 452 g/mol. The Morgan fingerprint density at radius 1 is 1.15 bits per heavy atom. The van der Waals surface area contributed by atoms with Gasteiger partial charge in [-0.15, -0.1) is 11.3 Å². The lowest BCUT2D eigenvalue weighted by Gasteiger charge is -2.35. The van der Waals surface area contributed by atoms with Crippen molar-refractivity contribution in [3.05, 3.63) is 84.8 Å². The number of aromatic amines is 2. The van der Waals surface area contributed by atoms with Crippen LogP contribution < -0.4 is 16.0 Å². The van der Waals surface area contributed by atoms with E-state index in [2.05, 4.69) is 51.6 Å². The van der Waals surface area contributed by atoms with Crippen LogP contribution in [-0.4, -0.2) is 51.9 Å². The Hall–Kier alpha value is -3.17. The fourth-order valence-electron chi connectivity index (χ4n) is 4.35. The Morgan fingerprint density at radius 2 is 1.97 bits per heavy atom. The van der Waals surface area contributed by atoms with Crippen LogP contribution in [0.5, 0.6) is 5.75 Å². The molecule has 0 bridgehead atoms. The quantitative estimate of drug-likeness (QED) is 0.488. The topological polar surface area (TPSA) is 98.5 Å². The summed E-state index contributed by atoms with van der Waals surface area (Å²) in [5, 5.41) is 2.10. The first-order valence-electron chi connectivity index (χ1n) is 11.6. The second-order valence-corrected chi connectivity index (χ2v) is 9.71. The molecule has 1 aromatic carbocycles. The van der Waals surface area contributed by atoms with Crippen molar-refractivity contribution >= 4 is 17.2 Å². The molecule has 180 valence electrons. The van der Waals surface area contributed by atoms with Crippen molar-refractivity contribution in [2.45, 2.75) is 44.8 Å². The normalized spacial score (nSPS) is 16.1. The summed E-state index contributed by atoms with van der Waals surface area (Å²) in [5.41, 5.74) is 0.00237. The fraction of sp³-hybridized carbons (Fsp3) is 0.400. The van der Waals surface area contributed by atoms with Gasteiger partial charge in [0.25, 0.3) is 11.5 Å². The third-order valence-corrected chi connectivity index (χ3v) is 6.84. The molecule has 1 atom stereocenters. The number of benzene rings is 1. The lowest BCUT2D eigenvalue weighted by Crippen LogP contribution is -2.45. The minimum Gasteiger partial charge on any atom is -0.494 e. The standard InChI is InChI=1S/C25H30N4O4S/c1-28(17-21-6-4-14-34-21)16-18-7-9-20(10-8-18)33-13-11-19-5-2-3-12-29(19)24(31)22-15-23(30)27-25(32)26-22/h4,6-10,14-15,19H,2-3,5,11-13,16-17H2,1H3,(H2,26,27,30,32). The van der Waals surface area contributed by atoms with E-state index in [9.17, 15) is 14.4 Å². The Labute approximate surface area is 202 Å². The average molecular weight is 483 g/mol. The predicted molar refractivity (Wildman–Crippen MR) is 132 cm³/mol. The monoisotopic (exact) mass is 482 g/mol. The SMILES string of the molecule is CN(Cc1ccc(OCCC2CCCCN2C(=O)c2cc(=O)[nH]c(=O)[nH]2)cc1)Cc1cccs1. The third-order valence-electron chi connectivity index (χ3n) is 5.98. The molecule has 0 spiro atoms. The molecule has 1 fully saturated rings. The average Bonchev–Trinajstić information content (AvgIpc) is 3.32. The van der Waals surface area contributed by atoms with E-state index in [4.69, 9.17) is 4.74 Å². The van der Waals surface area contributed by atoms with Gasteiger partial charge in [0.15, 0.2) is 0 Å². The minimum absolute atomic E-state index is 0.00853. The summed E-state index contributed by atoms with van der Waals surface area (Å²) in [7, 11) is 2.11. The highest BCUT2D eigenvalue weighted by atomic mass is 32.1. The second-order valence-electron chi connectivity index (χ2n) is 8.68. The molecule has 3 heterocycles. The number of piperidine rings is 1. The van der Waals surface area contributed by atoms with E-state index in [1.54, 1.807) is 16.2 Å². The molecule has 9 heteroatoms. The van der Waals surface area contributed by atoms with E-state index in [1.807, 2.05) is 12.1 Å². The summed E-state index contributed by atoms with van der Waals surface area (Å²) in [5.74, 6) is 0.487. The first-order chi connectivity index (χ1) is 16.5. The molecule has 1 amide bonds. The Bertz CT molecular complexity index is 1160. The molecule has 2 N–H and O–H groups in total. The van der Waals surface area contributed by atoms with Crippen molar-refractivity contribution in [2.75, 3.05) is 20.2 Å². The van der Waals surface area contributed by atoms with Crippen molar-refractivity contribution in [1.29, 1.82) is 0 Å². The molecule has 3 aromatic rings. The number of nitrogens with one attached hydrogen (secondary N) is 2. The van der Waals surface area contributed by atoms with Gasteiger partial charge in [0.05, 0.1) is 6.61 Å². The van der Waals surface area contributed by atoms with Crippen LogP contribution in [-0.2, 0) is 13.1 Å². The van der Waals surface area contributed by atoms with E-state index < -0.39 is 11.2 Å². The van der Waals surface area contributed by atoms with Gasteiger partial charge in [0.1, 0.15) is 11.4 Å². The number of ether oxygens (including phenoxy) is 1. The van der Waals surface area contributed by atoms with Gasteiger partial charge in [0, 0.05) is 43.0 Å². The lowest BCUT2D eigenvalue weighted by atomic mass is 9.99. The Balaban J connectivity index is 1.28. The van der Waals surface area contributed by atoms with Crippen molar-refractivity contribution in [3.8, 4) is 5.75 Å². The number of amides is 1. The molecule has 0 radical (unpaired) electrons. The van der Waals surface area contributed by atoms with Crippen LogP contribution in [0.1, 0.15) is 46.6 Å². The van der Waals surface area contributed by atoms with Crippen molar-refractivity contribution < 1.29 is 9.53 Å². The number of hydrogen-bond acceptors (Lipinski definition) is 6. The lowest BCUT2D eigenvalue weighted by molar-refractivity contribution is 0.0573. The minimum atomic E-state index is -0.672. The van der Waals surface area contributed by atoms with Gasteiger partial charge in [-0.2, -0.15) is 0 Å². The van der Waals surface area contributed by atoms with Crippen LogP contribution in [0.4, 0.5) is 0 Å². The van der Waals surface area contributed by atoms with E-state index >= 15 is 0 Å². The van der Waals surface area contributed by atoms with Crippen LogP contribution in [0.2, 0.25) is 0 Å². The third kappa shape index (κ3) is 6.45. The smallest absolute Gasteiger partial charge is 0.326 e. The number of carbonyl (C=O) groups is 1. The molecule has 0 saturated carbocycles. The van der Waals surface area contributed by atoms with Crippen LogP contribution in [0.3, 0.4) is 0 Å². The van der Waals surface area contributed by atoms with Crippen LogP contribution in [0.25, 0.3) is 0 Å². The summed E-state index contributed by atoms with van der Waals surface area (Å²) >= 11 is 1.77. The van der Waals surface area contributed by atoms with Crippen molar-refractivity contribution in [3.63, 3.8) is 0 Å². The first-order valence-corrected chi connectivity index (χ1v) is 12.4. The number of carbonyl (C=O) groups excluding carboxylic acids is 1. The van der Waals surface area contributed by atoms with Crippen LogP contribution >= 0.6 is 11.3 Å². The van der Waals surface area contributed by atoms with Gasteiger partial charge >= 0.3 is 5.69 Å². The Kier molecular flexibility index (Phi) is 7.97. The molecule has 8 nitrogen and oxygen atoms in total. The van der Waals surface area contributed by atoms with Crippen molar-refractivity contribution in [1.82, 2.24) is 19.8 Å². The zero-order chi connectivity index (χ0) is 23.9. The Morgan fingerprint density at radius 3 is 2.71 bits per heavy atom. The van der Waals surface area contributed by atoms with Crippen LogP contribution in [0.15, 0.2) is 57.4 Å². The maximum Gasteiger partial charge on any atom is 0.326 e. The molecule has 2 aromatic heterocycles. The molecule has 1 aliphatic heterocycles. The number of rotatable bonds is 9. The largest absolute Gasteiger partial charge is 0.494 e. The van der Waals surface area contributed by atoms with E-state index in [0.29, 0.717) is 19.6 Å². The summed E-state index contributed by atoms with van der Waals surface area (Å²) < 4.78 is 5.96. The molecule has 0 aliphatic carbocycles. The van der Waals surface area contributed by atoms with Crippen molar-refractivity contribution in [2.24, 2.45) is 0 Å². The number of aromatic nitrogens is 2. The van der Waals surface area contributed by atoms with E-state index in [1.165, 1.54) is 10.4 Å². The first kappa shape index (κ1) is 24.0. The van der Waals surface area contributed by atoms with E-state index in [-0.39, 0.29) is 17.6 Å². The van der Waals surface area contributed by atoms with Gasteiger partial charge < -0.3 is 14.6 Å². The zero-order valence-electron chi connectivity index (χ0n) is 19.3. The molecule has 4 rings (SSSR count). The van der Waals surface area contributed by atoms with Gasteiger partial charge in [-0.1, -0.05) is 18.2 Å². The number of thiophene rings is 1. The highest BCUT2D eigenvalue weighted by Crippen LogP contribution is 2.22. The van der Waals surface area contributed by atoms with E-state index in [0.717, 1.165) is 44.2 Å². The van der Waals surface area contributed by atoms with Crippen LogP contribution in [0, 0.1) is 0 Å². The number of likely N-dealkylation sites (tertiary alicyclic amines) is 1. The highest BCUT2D eigenvalue weighted by molar-refractivity contribution is 7.09. The maximum atomic E-state index is 12.9. The molecule has 1 aliphatic rings.